The van der Waals surface area contributed by atoms with Crippen molar-refractivity contribution < 1.29 is 17.9 Å². The van der Waals surface area contributed by atoms with Gasteiger partial charge in [-0.25, -0.2) is 13.2 Å². The molecule has 2 aliphatic rings. The molecule has 3 rings (SSSR count). The standard InChI is InChI=1S/C19H29N3O4S/c1-15-4-2-3-5-18(15)21-19(23)20-14-16-6-8-17(9-7-16)27(24,25)22-10-12-26-13-11-22/h6-9,15,18H,2-5,10-14H2,1H3,(H2,20,21,23). The molecule has 0 spiro atoms. The van der Waals surface area contributed by atoms with Crippen molar-refractivity contribution in [2.24, 2.45) is 5.92 Å². The third-order valence-corrected chi connectivity index (χ3v) is 7.33. The number of morpholine rings is 1. The minimum absolute atomic E-state index is 0.168. The Morgan fingerprint density at radius 1 is 1.15 bits per heavy atom. The average molecular weight is 396 g/mol. The fourth-order valence-electron chi connectivity index (χ4n) is 3.65. The van der Waals surface area contributed by atoms with Gasteiger partial charge in [-0.05, 0) is 36.5 Å². The topological polar surface area (TPSA) is 87.7 Å². The Balaban J connectivity index is 1.52. The molecule has 7 nitrogen and oxygen atoms in total. The maximum atomic E-state index is 12.6. The summed E-state index contributed by atoms with van der Waals surface area (Å²) in [6.45, 7) is 4.16. The van der Waals surface area contributed by atoms with E-state index < -0.39 is 10.0 Å². The van der Waals surface area contributed by atoms with Crippen LogP contribution in [0.2, 0.25) is 0 Å². The molecule has 1 aromatic rings. The smallest absolute Gasteiger partial charge is 0.315 e. The van der Waals surface area contributed by atoms with E-state index in [1.807, 2.05) is 0 Å². The Morgan fingerprint density at radius 2 is 1.81 bits per heavy atom. The second-order valence-electron chi connectivity index (χ2n) is 7.36. The van der Waals surface area contributed by atoms with E-state index in [2.05, 4.69) is 17.6 Å². The van der Waals surface area contributed by atoms with Crippen LogP contribution in [0.3, 0.4) is 0 Å². The largest absolute Gasteiger partial charge is 0.379 e. The Bertz CT molecular complexity index is 730. The Morgan fingerprint density at radius 3 is 2.48 bits per heavy atom. The highest BCUT2D eigenvalue weighted by Gasteiger charge is 2.26. The number of nitrogens with zero attached hydrogens (tertiary/aromatic N) is 1. The fourth-order valence-corrected chi connectivity index (χ4v) is 5.06. The summed E-state index contributed by atoms with van der Waals surface area (Å²) in [6, 6.07) is 6.76. The summed E-state index contributed by atoms with van der Waals surface area (Å²) in [5.41, 5.74) is 0.864. The second kappa shape index (κ2) is 9.03. The highest BCUT2D eigenvalue weighted by molar-refractivity contribution is 7.89. The number of hydrogen-bond acceptors (Lipinski definition) is 4. The van der Waals surface area contributed by atoms with Crippen molar-refractivity contribution in [2.45, 2.75) is 50.1 Å². The SMILES string of the molecule is CC1CCCCC1NC(=O)NCc1ccc(S(=O)(=O)N2CCOCC2)cc1. The molecule has 2 amide bonds. The van der Waals surface area contributed by atoms with Gasteiger partial charge < -0.3 is 15.4 Å². The van der Waals surface area contributed by atoms with Crippen LogP contribution in [0.4, 0.5) is 4.79 Å². The van der Waals surface area contributed by atoms with Crippen molar-refractivity contribution in [3.05, 3.63) is 29.8 Å². The molecule has 0 radical (unpaired) electrons. The maximum absolute atomic E-state index is 12.6. The predicted octanol–water partition coefficient (Wildman–Crippen LogP) is 2.09. The first-order chi connectivity index (χ1) is 13.0. The van der Waals surface area contributed by atoms with Crippen LogP contribution >= 0.6 is 0 Å². The summed E-state index contributed by atoms with van der Waals surface area (Å²) < 4.78 is 31.9. The van der Waals surface area contributed by atoms with Crippen LogP contribution in [-0.2, 0) is 21.3 Å². The number of amides is 2. The van der Waals surface area contributed by atoms with Crippen molar-refractivity contribution in [2.75, 3.05) is 26.3 Å². The molecule has 2 atom stereocenters. The van der Waals surface area contributed by atoms with Gasteiger partial charge in [0.1, 0.15) is 0 Å². The number of sulfonamides is 1. The van der Waals surface area contributed by atoms with Gasteiger partial charge in [-0.3, -0.25) is 0 Å². The summed E-state index contributed by atoms with van der Waals surface area (Å²) in [4.78, 5) is 12.4. The Hall–Kier alpha value is -1.64. The molecule has 150 valence electrons. The zero-order chi connectivity index (χ0) is 19.3. The predicted molar refractivity (Wildman–Crippen MR) is 103 cm³/mol. The van der Waals surface area contributed by atoms with Gasteiger partial charge in [-0.1, -0.05) is 31.9 Å². The summed E-state index contributed by atoms with van der Waals surface area (Å²) in [5.74, 6) is 0.508. The van der Waals surface area contributed by atoms with E-state index in [0.29, 0.717) is 38.8 Å². The van der Waals surface area contributed by atoms with Gasteiger partial charge in [0, 0.05) is 25.7 Å². The summed E-state index contributed by atoms with van der Waals surface area (Å²) >= 11 is 0. The van der Waals surface area contributed by atoms with Crippen molar-refractivity contribution >= 4 is 16.1 Å². The molecule has 2 fully saturated rings. The quantitative estimate of drug-likeness (QED) is 0.799. The van der Waals surface area contributed by atoms with E-state index in [1.54, 1.807) is 24.3 Å². The second-order valence-corrected chi connectivity index (χ2v) is 9.29. The number of ether oxygens (including phenoxy) is 1. The van der Waals surface area contributed by atoms with Gasteiger partial charge in [-0.2, -0.15) is 4.31 Å². The van der Waals surface area contributed by atoms with Crippen LogP contribution < -0.4 is 10.6 Å². The molecular weight excluding hydrogens is 366 g/mol. The van der Waals surface area contributed by atoms with Crippen molar-refractivity contribution in [1.82, 2.24) is 14.9 Å². The lowest BCUT2D eigenvalue weighted by Gasteiger charge is -2.29. The third-order valence-electron chi connectivity index (χ3n) is 5.41. The van der Waals surface area contributed by atoms with Crippen molar-refractivity contribution in [3.8, 4) is 0 Å². The average Bonchev–Trinajstić information content (AvgIpc) is 2.69. The minimum atomic E-state index is -3.48. The molecule has 1 aliphatic carbocycles. The summed E-state index contributed by atoms with van der Waals surface area (Å²) in [7, 11) is -3.48. The fraction of sp³-hybridized carbons (Fsp3) is 0.632. The maximum Gasteiger partial charge on any atom is 0.315 e. The monoisotopic (exact) mass is 395 g/mol. The minimum Gasteiger partial charge on any atom is -0.379 e. The van der Waals surface area contributed by atoms with Crippen LogP contribution in [-0.4, -0.2) is 51.1 Å². The molecular formula is C19H29N3O4S. The van der Waals surface area contributed by atoms with Crippen molar-refractivity contribution in [1.29, 1.82) is 0 Å². The summed E-state index contributed by atoms with van der Waals surface area (Å²) in [5, 5.41) is 5.92. The highest BCUT2D eigenvalue weighted by atomic mass is 32.2. The molecule has 8 heteroatoms. The zero-order valence-corrected chi connectivity index (χ0v) is 16.6. The van der Waals surface area contributed by atoms with Crippen LogP contribution in [0.25, 0.3) is 0 Å². The number of carbonyl (C=O) groups is 1. The molecule has 27 heavy (non-hydrogen) atoms. The molecule has 1 saturated heterocycles. The van der Waals surface area contributed by atoms with Crippen LogP contribution in [0.5, 0.6) is 0 Å². The number of hydrogen-bond donors (Lipinski definition) is 2. The number of urea groups is 1. The number of benzene rings is 1. The van der Waals surface area contributed by atoms with Gasteiger partial charge in [0.25, 0.3) is 0 Å². The Kier molecular flexibility index (Phi) is 6.73. The van der Waals surface area contributed by atoms with Crippen LogP contribution in [0.1, 0.15) is 38.2 Å². The highest BCUT2D eigenvalue weighted by Crippen LogP contribution is 2.23. The molecule has 0 bridgehead atoms. The molecule has 1 aromatic carbocycles. The first-order valence-corrected chi connectivity index (χ1v) is 11.1. The lowest BCUT2D eigenvalue weighted by molar-refractivity contribution is 0.0730. The third kappa shape index (κ3) is 5.21. The number of carbonyl (C=O) groups excluding carboxylic acids is 1. The van der Waals surface area contributed by atoms with Crippen LogP contribution in [0.15, 0.2) is 29.2 Å². The normalized spacial score (nSPS) is 24.3. The number of nitrogens with one attached hydrogen (secondary N) is 2. The molecule has 1 saturated carbocycles. The Labute approximate surface area is 161 Å². The van der Waals surface area contributed by atoms with E-state index in [0.717, 1.165) is 24.8 Å². The lowest BCUT2D eigenvalue weighted by Crippen LogP contribution is -2.45. The molecule has 0 aromatic heterocycles. The van der Waals surface area contributed by atoms with E-state index in [4.69, 9.17) is 4.74 Å². The molecule has 2 N–H and O–H groups in total. The molecule has 2 unspecified atom stereocenters. The first-order valence-electron chi connectivity index (χ1n) is 9.68. The van der Waals surface area contributed by atoms with E-state index in [9.17, 15) is 13.2 Å². The van der Waals surface area contributed by atoms with Crippen LogP contribution in [0, 0.1) is 5.92 Å². The molecule has 1 aliphatic heterocycles. The van der Waals surface area contributed by atoms with Gasteiger partial charge >= 0.3 is 6.03 Å². The lowest BCUT2D eigenvalue weighted by atomic mass is 9.86. The van der Waals surface area contributed by atoms with E-state index in [-0.39, 0.29) is 17.0 Å². The van der Waals surface area contributed by atoms with Gasteiger partial charge in [-0.15, -0.1) is 0 Å². The van der Waals surface area contributed by atoms with Gasteiger partial charge in [0.15, 0.2) is 0 Å². The van der Waals surface area contributed by atoms with E-state index in [1.165, 1.54) is 10.7 Å². The number of rotatable bonds is 5. The van der Waals surface area contributed by atoms with E-state index >= 15 is 0 Å². The van der Waals surface area contributed by atoms with Gasteiger partial charge in [0.05, 0.1) is 18.1 Å². The van der Waals surface area contributed by atoms with Gasteiger partial charge in [0.2, 0.25) is 10.0 Å². The molecule has 1 heterocycles. The first kappa shape index (κ1) is 20.1. The summed E-state index contributed by atoms with van der Waals surface area (Å²) in [6.07, 6.45) is 4.59. The zero-order valence-electron chi connectivity index (χ0n) is 15.8. The van der Waals surface area contributed by atoms with Crippen molar-refractivity contribution in [3.63, 3.8) is 0 Å².